The maximum atomic E-state index is 2.53. The van der Waals surface area contributed by atoms with E-state index in [1.54, 1.807) is 0 Å². The standard InChI is InChI=1S/C47H40N2/c1-33-14-31-43-42-10-4-7-13-46(42)49(47(43)32-33)39-29-25-37(26-30-39)22-20-35-17-15-34(16-18-35)19-21-36-23-27-38(28-24-36)48-44-11-5-2-8-40(44)41-9-3-6-12-45(41)48/h2-5,7-11,13-23,25-27,29-31,33H,6,12,24,28,32H2,1H3/b21-19+,22-20+. The molecular weight excluding hydrogens is 593 g/mol. The second kappa shape index (κ2) is 12.5. The van der Waals surface area contributed by atoms with Crippen LogP contribution in [0.5, 0.6) is 0 Å². The largest absolute Gasteiger partial charge is 0.317 e. The molecule has 3 aliphatic carbocycles. The fraction of sp³-hybridized carbons (Fsp3) is 0.149. The van der Waals surface area contributed by atoms with Crippen molar-refractivity contribution >= 4 is 57.9 Å². The Bertz CT molecular complexity index is 2390. The van der Waals surface area contributed by atoms with Crippen LogP contribution in [0.4, 0.5) is 0 Å². The molecule has 0 spiro atoms. The molecule has 49 heavy (non-hydrogen) atoms. The van der Waals surface area contributed by atoms with Crippen molar-refractivity contribution < 1.29 is 0 Å². The van der Waals surface area contributed by atoms with Crippen molar-refractivity contribution in [2.24, 2.45) is 5.92 Å². The van der Waals surface area contributed by atoms with Gasteiger partial charge in [0.25, 0.3) is 0 Å². The van der Waals surface area contributed by atoms with Crippen LogP contribution in [0.25, 0.3) is 63.6 Å². The Morgan fingerprint density at radius 3 is 1.86 bits per heavy atom. The van der Waals surface area contributed by atoms with E-state index in [1.165, 1.54) is 78.0 Å². The van der Waals surface area contributed by atoms with Crippen LogP contribution in [0.1, 0.15) is 65.4 Å². The Hall–Kier alpha value is -5.60. The van der Waals surface area contributed by atoms with Crippen LogP contribution in [-0.2, 0) is 12.8 Å². The van der Waals surface area contributed by atoms with Crippen molar-refractivity contribution in [1.29, 1.82) is 0 Å². The van der Waals surface area contributed by atoms with E-state index in [0.717, 1.165) is 32.1 Å². The first-order chi connectivity index (χ1) is 24.2. The van der Waals surface area contributed by atoms with E-state index in [0.29, 0.717) is 5.92 Å². The highest BCUT2D eigenvalue weighted by Crippen LogP contribution is 2.37. The van der Waals surface area contributed by atoms with Gasteiger partial charge < -0.3 is 9.13 Å². The molecule has 4 aromatic carbocycles. The minimum Gasteiger partial charge on any atom is -0.317 e. The van der Waals surface area contributed by atoms with E-state index in [-0.39, 0.29) is 0 Å². The highest BCUT2D eigenvalue weighted by Gasteiger charge is 2.21. The molecular formula is C47H40N2. The summed E-state index contributed by atoms with van der Waals surface area (Å²) in [6.07, 6.45) is 28.3. The molecule has 238 valence electrons. The van der Waals surface area contributed by atoms with Crippen LogP contribution < -0.4 is 0 Å². The highest BCUT2D eigenvalue weighted by atomic mass is 15.0. The normalized spacial score (nSPS) is 17.2. The van der Waals surface area contributed by atoms with Crippen LogP contribution in [-0.4, -0.2) is 9.13 Å². The van der Waals surface area contributed by atoms with Gasteiger partial charge in [-0.15, -0.1) is 0 Å². The van der Waals surface area contributed by atoms with Gasteiger partial charge in [0.15, 0.2) is 0 Å². The highest BCUT2D eigenvalue weighted by molar-refractivity contribution is 5.95. The van der Waals surface area contributed by atoms with Gasteiger partial charge in [-0.05, 0) is 90.6 Å². The van der Waals surface area contributed by atoms with Gasteiger partial charge in [0.2, 0.25) is 0 Å². The summed E-state index contributed by atoms with van der Waals surface area (Å²) < 4.78 is 4.98. The van der Waals surface area contributed by atoms with Gasteiger partial charge in [-0.2, -0.15) is 0 Å². The van der Waals surface area contributed by atoms with E-state index in [9.17, 15) is 0 Å². The van der Waals surface area contributed by atoms with Crippen molar-refractivity contribution in [3.05, 3.63) is 172 Å². The zero-order chi connectivity index (χ0) is 32.7. The predicted molar refractivity (Wildman–Crippen MR) is 210 cm³/mol. The molecule has 0 amide bonds. The molecule has 0 radical (unpaired) electrons. The van der Waals surface area contributed by atoms with Gasteiger partial charge in [-0.1, -0.05) is 134 Å². The Morgan fingerprint density at radius 2 is 1.18 bits per heavy atom. The monoisotopic (exact) mass is 632 g/mol. The first kappa shape index (κ1) is 29.5. The van der Waals surface area contributed by atoms with E-state index in [2.05, 4.69) is 174 Å². The third-order valence-electron chi connectivity index (χ3n) is 10.5. The lowest BCUT2D eigenvalue weighted by molar-refractivity contribution is 0.690. The summed E-state index contributed by atoms with van der Waals surface area (Å²) in [4.78, 5) is 0. The average molecular weight is 633 g/mol. The predicted octanol–water partition coefficient (Wildman–Crippen LogP) is 12.2. The summed E-state index contributed by atoms with van der Waals surface area (Å²) >= 11 is 0. The molecule has 0 fully saturated rings. The summed E-state index contributed by atoms with van der Waals surface area (Å²) in [7, 11) is 0. The number of rotatable bonds is 6. The quantitative estimate of drug-likeness (QED) is 0.162. The summed E-state index contributed by atoms with van der Waals surface area (Å²) in [5.41, 5.74) is 15.9. The SMILES string of the molecule is CC1C=Cc2c(n(-c3ccc(/C=C/c4ccc(/C=C/C5=CC=C(n6c7c(c8ccccc86)C=CCC7)CC5)cc4)cc3)c3ccccc23)C1. The van der Waals surface area contributed by atoms with Gasteiger partial charge in [0.1, 0.15) is 0 Å². The average Bonchev–Trinajstić information content (AvgIpc) is 3.66. The molecule has 0 bridgehead atoms. The fourth-order valence-electron chi connectivity index (χ4n) is 7.95. The molecule has 2 nitrogen and oxygen atoms in total. The van der Waals surface area contributed by atoms with E-state index < -0.39 is 0 Å². The zero-order valence-corrected chi connectivity index (χ0v) is 28.0. The lowest BCUT2D eigenvalue weighted by atomic mass is 9.95. The van der Waals surface area contributed by atoms with Gasteiger partial charge >= 0.3 is 0 Å². The molecule has 3 aliphatic rings. The molecule has 1 unspecified atom stereocenters. The maximum absolute atomic E-state index is 2.53. The summed E-state index contributed by atoms with van der Waals surface area (Å²) in [6, 6.07) is 35.5. The minimum absolute atomic E-state index is 0.550. The van der Waals surface area contributed by atoms with E-state index in [1.807, 2.05) is 0 Å². The van der Waals surface area contributed by atoms with Crippen LogP contribution in [0, 0.1) is 5.92 Å². The molecule has 2 heteroatoms. The third-order valence-corrected chi connectivity index (χ3v) is 10.5. The Labute approximate surface area is 289 Å². The topological polar surface area (TPSA) is 9.86 Å². The third kappa shape index (κ3) is 5.48. The van der Waals surface area contributed by atoms with Crippen molar-refractivity contribution in [3.8, 4) is 5.69 Å². The van der Waals surface area contributed by atoms with Gasteiger partial charge in [-0.3, -0.25) is 0 Å². The van der Waals surface area contributed by atoms with Gasteiger partial charge in [0, 0.05) is 44.7 Å². The summed E-state index contributed by atoms with van der Waals surface area (Å²) in [6.45, 7) is 2.30. The molecule has 1 atom stereocenters. The maximum Gasteiger partial charge on any atom is 0.0537 e. The van der Waals surface area contributed by atoms with Crippen LogP contribution in [0.2, 0.25) is 0 Å². The molecule has 2 aromatic heterocycles. The Kier molecular flexibility index (Phi) is 7.50. The number of benzene rings is 4. The minimum atomic E-state index is 0.550. The van der Waals surface area contributed by atoms with Gasteiger partial charge in [-0.25, -0.2) is 0 Å². The molecule has 0 saturated carbocycles. The number of allylic oxidation sites excluding steroid dienone is 7. The molecule has 0 N–H and O–H groups in total. The number of nitrogens with zero attached hydrogens (tertiary/aromatic N) is 2. The zero-order valence-electron chi connectivity index (χ0n) is 28.0. The smallest absolute Gasteiger partial charge is 0.0537 e. The first-order valence-electron chi connectivity index (χ1n) is 17.8. The fourth-order valence-corrected chi connectivity index (χ4v) is 7.95. The number of hydrogen-bond donors (Lipinski definition) is 0. The lowest BCUT2D eigenvalue weighted by Crippen LogP contribution is -2.08. The molecule has 6 aromatic rings. The van der Waals surface area contributed by atoms with Gasteiger partial charge in [0.05, 0.1) is 11.0 Å². The summed E-state index contributed by atoms with van der Waals surface area (Å²) in [5.74, 6) is 0.550. The Morgan fingerprint density at radius 1 is 0.571 bits per heavy atom. The Balaban J connectivity index is 0.886. The van der Waals surface area contributed by atoms with Crippen LogP contribution in [0.15, 0.2) is 133 Å². The van der Waals surface area contributed by atoms with Crippen molar-refractivity contribution in [2.45, 2.75) is 39.0 Å². The van der Waals surface area contributed by atoms with Crippen molar-refractivity contribution in [3.63, 3.8) is 0 Å². The molecule has 0 aliphatic heterocycles. The lowest BCUT2D eigenvalue weighted by Gasteiger charge is -2.19. The van der Waals surface area contributed by atoms with Crippen LogP contribution in [0.3, 0.4) is 0 Å². The second-order valence-electron chi connectivity index (χ2n) is 13.7. The molecule has 0 saturated heterocycles. The first-order valence-corrected chi connectivity index (χ1v) is 17.8. The second-order valence-corrected chi connectivity index (χ2v) is 13.7. The number of fused-ring (bicyclic) bond motifs is 6. The number of hydrogen-bond acceptors (Lipinski definition) is 0. The number of para-hydroxylation sites is 2. The van der Waals surface area contributed by atoms with Crippen molar-refractivity contribution in [1.82, 2.24) is 9.13 Å². The van der Waals surface area contributed by atoms with E-state index in [4.69, 9.17) is 0 Å². The molecule has 9 rings (SSSR count). The summed E-state index contributed by atoms with van der Waals surface area (Å²) in [5, 5.41) is 2.70. The molecule has 2 heterocycles. The number of aromatic nitrogens is 2. The van der Waals surface area contributed by atoms with Crippen LogP contribution >= 0.6 is 0 Å². The van der Waals surface area contributed by atoms with E-state index >= 15 is 0 Å². The van der Waals surface area contributed by atoms with Crippen molar-refractivity contribution in [2.75, 3.05) is 0 Å².